The van der Waals surface area contributed by atoms with Gasteiger partial charge in [0.1, 0.15) is 0 Å². The Morgan fingerprint density at radius 1 is 1.24 bits per heavy atom. The quantitative estimate of drug-likeness (QED) is 0.868. The lowest BCUT2D eigenvalue weighted by atomic mass is 9.99. The number of carbonyl (C=O) groups is 2. The molecule has 0 bridgehead atoms. The van der Waals surface area contributed by atoms with Crippen LogP contribution in [0.15, 0.2) is 18.2 Å². The molecule has 1 N–H and O–H groups in total. The van der Waals surface area contributed by atoms with Gasteiger partial charge in [0.15, 0.2) is 0 Å². The van der Waals surface area contributed by atoms with Crippen LogP contribution in [0, 0.1) is 0 Å². The van der Waals surface area contributed by atoms with Crippen molar-refractivity contribution in [3.8, 4) is 0 Å². The summed E-state index contributed by atoms with van der Waals surface area (Å²) in [6.07, 6.45) is 3.56. The van der Waals surface area contributed by atoms with Crippen molar-refractivity contribution in [2.24, 2.45) is 0 Å². The highest BCUT2D eigenvalue weighted by molar-refractivity contribution is 7.88. The maximum absolute atomic E-state index is 12.7. The number of rotatable bonds is 3. The maximum atomic E-state index is 12.7. The Bertz CT molecular complexity index is 798. The van der Waals surface area contributed by atoms with Crippen molar-refractivity contribution < 1.29 is 18.0 Å². The number of benzene rings is 1. The predicted octanol–water partition coefficient (Wildman–Crippen LogP) is 1.07. The smallest absolute Gasteiger partial charge is 0.253 e. The summed E-state index contributed by atoms with van der Waals surface area (Å²) in [6, 6.07) is 5.31. The van der Waals surface area contributed by atoms with E-state index in [9.17, 15) is 18.0 Å². The van der Waals surface area contributed by atoms with E-state index in [0.29, 0.717) is 44.3 Å². The van der Waals surface area contributed by atoms with Gasteiger partial charge in [0, 0.05) is 43.9 Å². The first-order chi connectivity index (χ1) is 11.8. The normalized spacial score (nSPS) is 18.8. The van der Waals surface area contributed by atoms with Crippen LogP contribution in [0.5, 0.6) is 0 Å². The molecule has 2 amide bonds. The standard InChI is InChI=1S/C17H23N3O4S/c1-19(25(2,23)24)14-7-9-20(10-8-14)17(22)13-3-5-15-12(11-13)4-6-16(21)18-15/h3,5,11,14H,4,6-10H2,1-2H3,(H,18,21). The summed E-state index contributed by atoms with van der Waals surface area (Å²) in [5.41, 5.74) is 2.38. The Hall–Kier alpha value is -1.93. The molecule has 136 valence electrons. The number of anilines is 1. The molecule has 0 aromatic heterocycles. The zero-order valence-corrected chi connectivity index (χ0v) is 15.3. The monoisotopic (exact) mass is 365 g/mol. The van der Waals surface area contributed by atoms with E-state index in [2.05, 4.69) is 5.32 Å². The average molecular weight is 365 g/mol. The lowest BCUT2D eigenvalue weighted by Crippen LogP contribution is -2.47. The molecule has 25 heavy (non-hydrogen) atoms. The number of carbonyl (C=O) groups excluding carboxylic acids is 2. The topological polar surface area (TPSA) is 86.8 Å². The molecule has 2 aliphatic rings. The molecule has 3 rings (SSSR count). The van der Waals surface area contributed by atoms with E-state index in [4.69, 9.17) is 0 Å². The number of hydrogen-bond donors (Lipinski definition) is 1. The summed E-state index contributed by atoms with van der Waals surface area (Å²) in [6.45, 7) is 1.08. The molecule has 0 aliphatic carbocycles. The Kier molecular flexibility index (Phi) is 4.83. The third-order valence-electron chi connectivity index (χ3n) is 5.04. The lowest BCUT2D eigenvalue weighted by molar-refractivity contribution is -0.116. The second-order valence-electron chi connectivity index (χ2n) is 6.72. The molecule has 0 unspecified atom stereocenters. The minimum Gasteiger partial charge on any atom is -0.339 e. The third-order valence-corrected chi connectivity index (χ3v) is 6.38. The number of piperidine rings is 1. The van der Waals surface area contributed by atoms with Crippen LogP contribution in [0.25, 0.3) is 0 Å². The van der Waals surface area contributed by atoms with Crippen LogP contribution in [-0.2, 0) is 21.2 Å². The van der Waals surface area contributed by atoms with Gasteiger partial charge in [-0.3, -0.25) is 9.59 Å². The number of likely N-dealkylation sites (tertiary alicyclic amines) is 1. The van der Waals surface area contributed by atoms with Crippen molar-refractivity contribution in [2.75, 3.05) is 31.7 Å². The van der Waals surface area contributed by atoms with E-state index < -0.39 is 10.0 Å². The summed E-state index contributed by atoms with van der Waals surface area (Å²) in [5, 5.41) is 2.81. The Labute approximate surface area is 148 Å². The van der Waals surface area contributed by atoms with Crippen LogP contribution in [0.4, 0.5) is 5.69 Å². The third kappa shape index (κ3) is 3.85. The fourth-order valence-corrected chi connectivity index (χ4v) is 4.15. The number of aryl methyl sites for hydroxylation is 1. The number of sulfonamides is 1. The van der Waals surface area contributed by atoms with Crippen molar-refractivity contribution in [1.82, 2.24) is 9.21 Å². The largest absolute Gasteiger partial charge is 0.339 e. The number of nitrogens with one attached hydrogen (secondary N) is 1. The lowest BCUT2D eigenvalue weighted by Gasteiger charge is -2.35. The molecule has 1 aromatic rings. The van der Waals surface area contributed by atoms with Crippen LogP contribution in [-0.4, -0.2) is 61.9 Å². The first kappa shape index (κ1) is 17.9. The fraction of sp³-hybridized carbons (Fsp3) is 0.529. The molecule has 0 radical (unpaired) electrons. The number of hydrogen-bond acceptors (Lipinski definition) is 4. The minimum absolute atomic E-state index is 0.00338. The van der Waals surface area contributed by atoms with Gasteiger partial charge in [-0.15, -0.1) is 0 Å². The van der Waals surface area contributed by atoms with Crippen molar-refractivity contribution in [1.29, 1.82) is 0 Å². The molecule has 0 spiro atoms. The Morgan fingerprint density at radius 3 is 2.56 bits per heavy atom. The van der Waals surface area contributed by atoms with Crippen molar-refractivity contribution >= 4 is 27.5 Å². The van der Waals surface area contributed by atoms with Gasteiger partial charge in [-0.2, -0.15) is 0 Å². The van der Waals surface area contributed by atoms with Gasteiger partial charge in [-0.25, -0.2) is 12.7 Å². The van der Waals surface area contributed by atoms with Crippen molar-refractivity contribution in [3.63, 3.8) is 0 Å². The molecule has 8 heteroatoms. The predicted molar refractivity (Wildman–Crippen MR) is 94.9 cm³/mol. The summed E-state index contributed by atoms with van der Waals surface area (Å²) >= 11 is 0. The molecule has 1 fully saturated rings. The van der Waals surface area contributed by atoms with Crippen LogP contribution in [0.1, 0.15) is 35.2 Å². The van der Waals surface area contributed by atoms with E-state index in [1.807, 2.05) is 6.07 Å². The molecule has 1 saturated heterocycles. The van der Waals surface area contributed by atoms with Gasteiger partial charge in [0.2, 0.25) is 15.9 Å². The van der Waals surface area contributed by atoms with Gasteiger partial charge in [-0.1, -0.05) is 0 Å². The Balaban J connectivity index is 1.66. The van der Waals surface area contributed by atoms with Crippen LogP contribution >= 0.6 is 0 Å². The summed E-state index contributed by atoms with van der Waals surface area (Å²) in [4.78, 5) is 25.9. The van der Waals surface area contributed by atoms with Gasteiger partial charge < -0.3 is 10.2 Å². The second-order valence-corrected chi connectivity index (χ2v) is 8.76. The van der Waals surface area contributed by atoms with E-state index in [1.165, 1.54) is 10.6 Å². The number of fused-ring (bicyclic) bond motifs is 1. The summed E-state index contributed by atoms with van der Waals surface area (Å²) < 4.78 is 24.7. The highest BCUT2D eigenvalue weighted by Crippen LogP contribution is 2.25. The van der Waals surface area contributed by atoms with Gasteiger partial charge in [0.05, 0.1) is 6.26 Å². The van der Waals surface area contributed by atoms with Gasteiger partial charge in [-0.05, 0) is 43.0 Å². The zero-order chi connectivity index (χ0) is 18.2. The van der Waals surface area contributed by atoms with Crippen molar-refractivity contribution in [2.45, 2.75) is 31.7 Å². The van der Waals surface area contributed by atoms with Gasteiger partial charge in [0.25, 0.3) is 5.91 Å². The highest BCUT2D eigenvalue weighted by atomic mass is 32.2. The molecule has 2 aliphatic heterocycles. The van der Waals surface area contributed by atoms with Crippen molar-refractivity contribution in [3.05, 3.63) is 29.3 Å². The van der Waals surface area contributed by atoms with Crippen LogP contribution in [0.2, 0.25) is 0 Å². The molecule has 7 nitrogen and oxygen atoms in total. The van der Waals surface area contributed by atoms with E-state index in [1.54, 1.807) is 24.1 Å². The molecule has 1 aromatic carbocycles. The summed E-state index contributed by atoms with van der Waals surface area (Å²) in [7, 11) is -1.62. The van der Waals surface area contributed by atoms with E-state index >= 15 is 0 Å². The average Bonchev–Trinajstić information content (AvgIpc) is 2.59. The molecule has 0 saturated carbocycles. The minimum atomic E-state index is -3.21. The second kappa shape index (κ2) is 6.76. The first-order valence-electron chi connectivity index (χ1n) is 8.41. The molecular weight excluding hydrogens is 342 g/mol. The fourth-order valence-electron chi connectivity index (χ4n) is 3.40. The molecular formula is C17H23N3O4S. The van der Waals surface area contributed by atoms with E-state index in [0.717, 1.165) is 11.3 Å². The van der Waals surface area contributed by atoms with Gasteiger partial charge >= 0.3 is 0 Å². The first-order valence-corrected chi connectivity index (χ1v) is 10.3. The Morgan fingerprint density at radius 2 is 1.92 bits per heavy atom. The molecule has 0 atom stereocenters. The molecule has 2 heterocycles. The number of amides is 2. The highest BCUT2D eigenvalue weighted by Gasteiger charge is 2.29. The SMILES string of the molecule is CN(C1CCN(C(=O)c2ccc3c(c2)CCC(=O)N3)CC1)S(C)(=O)=O. The van der Waals surface area contributed by atoms with E-state index in [-0.39, 0.29) is 17.9 Å². The summed E-state index contributed by atoms with van der Waals surface area (Å²) in [5.74, 6) is -0.0381. The van der Waals surface area contributed by atoms with Crippen LogP contribution < -0.4 is 5.32 Å². The maximum Gasteiger partial charge on any atom is 0.253 e. The zero-order valence-electron chi connectivity index (χ0n) is 14.5. The number of nitrogens with zero attached hydrogens (tertiary/aromatic N) is 2. The van der Waals surface area contributed by atoms with Crippen LogP contribution in [0.3, 0.4) is 0 Å².